The largest absolute Gasteiger partial charge is 0.455 e. The maximum Gasteiger partial charge on any atom is 0.310 e. The third kappa shape index (κ3) is 3.41. The van der Waals surface area contributed by atoms with E-state index in [-0.39, 0.29) is 24.4 Å². The molecule has 6 heteroatoms. The highest BCUT2D eigenvalue weighted by Gasteiger charge is 2.40. The second-order valence-electron chi connectivity index (χ2n) is 5.98. The fourth-order valence-corrected chi connectivity index (χ4v) is 3.21. The van der Waals surface area contributed by atoms with Gasteiger partial charge in [0, 0.05) is 11.3 Å². The SMILES string of the molecule is NC(=O)c1ccc(NC(=O)COC(=O)[C@@H]2C[C@H]3C=C[C@H]2C3)cc1. The van der Waals surface area contributed by atoms with E-state index in [2.05, 4.69) is 17.5 Å². The van der Waals surface area contributed by atoms with Gasteiger partial charge in [0.25, 0.3) is 5.91 Å². The van der Waals surface area contributed by atoms with Crippen molar-refractivity contribution in [3.63, 3.8) is 0 Å². The molecule has 0 saturated heterocycles. The molecule has 2 aliphatic carbocycles. The molecule has 120 valence electrons. The first-order valence-electron chi connectivity index (χ1n) is 7.57. The number of rotatable bonds is 5. The van der Waals surface area contributed by atoms with Crippen LogP contribution in [0.15, 0.2) is 36.4 Å². The van der Waals surface area contributed by atoms with Crippen molar-refractivity contribution in [1.29, 1.82) is 0 Å². The molecule has 0 aromatic heterocycles. The zero-order valence-corrected chi connectivity index (χ0v) is 12.5. The average molecular weight is 314 g/mol. The van der Waals surface area contributed by atoms with Gasteiger partial charge in [-0.05, 0) is 48.9 Å². The van der Waals surface area contributed by atoms with Crippen LogP contribution in [0, 0.1) is 17.8 Å². The predicted octanol–water partition coefficient (Wildman–Crippen LogP) is 1.48. The zero-order chi connectivity index (χ0) is 16.4. The molecule has 23 heavy (non-hydrogen) atoms. The summed E-state index contributed by atoms with van der Waals surface area (Å²) in [6.45, 7) is -0.312. The molecule has 2 bridgehead atoms. The van der Waals surface area contributed by atoms with Crippen LogP contribution < -0.4 is 11.1 Å². The van der Waals surface area contributed by atoms with Gasteiger partial charge in [0.2, 0.25) is 5.91 Å². The number of fused-ring (bicyclic) bond motifs is 2. The van der Waals surface area contributed by atoms with Crippen molar-refractivity contribution in [1.82, 2.24) is 0 Å². The first kappa shape index (κ1) is 15.3. The first-order chi connectivity index (χ1) is 11.0. The van der Waals surface area contributed by atoms with Gasteiger partial charge in [-0.3, -0.25) is 14.4 Å². The molecule has 0 aliphatic heterocycles. The van der Waals surface area contributed by atoms with Crippen LogP contribution in [0.4, 0.5) is 5.69 Å². The number of anilines is 1. The third-order valence-electron chi connectivity index (χ3n) is 4.38. The zero-order valence-electron chi connectivity index (χ0n) is 12.5. The van der Waals surface area contributed by atoms with Crippen molar-refractivity contribution < 1.29 is 19.1 Å². The predicted molar refractivity (Wildman–Crippen MR) is 83.4 cm³/mol. The quantitative estimate of drug-likeness (QED) is 0.635. The van der Waals surface area contributed by atoms with E-state index >= 15 is 0 Å². The Hall–Kier alpha value is -2.63. The first-order valence-corrected chi connectivity index (χ1v) is 7.57. The van der Waals surface area contributed by atoms with Gasteiger partial charge in [-0.2, -0.15) is 0 Å². The molecule has 0 unspecified atom stereocenters. The molecular weight excluding hydrogens is 296 g/mol. The molecule has 1 fully saturated rings. The lowest BCUT2D eigenvalue weighted by Gasteiger charge is -2.16. The van der Waals surface area contributed by atoms with Crippen LogP contribution >= 0.6 is 0 Å². The highest BCUT2D eigenvalue weighted by atomic mass is 16.5. The molecule has 2 aliphatic rings. The van der Waals surface area contributed by atoms with Crippen molar-refractivity contribution in [3.8, 4) is 0 Å². The number of esters is 1. The van der Waals surface area contributed by atoms with Crippen molar-refractivity contribution >= 4 is 23.5 Å². The maximum atomic E-state index is 12.0. The van der Waals surface area contributed by atoms with Gasteiger partial charge in [0.15, 0.2) is 6.61 Å². The van der Waals surface area contributed by atoms with Gasteiger partial charge in [-0.15, -0.1) is 0 Å². The van der Waals surface area contributed by atoms with Crippen LogP contribution in [0.2, 0.25) is 0 Å². The third-order valence-corrected chi connectivity index (χ3v) is 4.38. The number of nitrogens with two attached hydrogens (primary N) is 1. The van der Waals surface area contributed by atoms with Crippen LogP contribution in [0.25, 0.3) is 0 Å². The molecule has 1 aromatic rings. The number of benzene rings is 1. The number of hydrogen-bond donors (Lipinski definition) is 2. The Bertz CT molecular complexity index is 666. The minimum absolute atomic E-state index is 0.118. The standard InChI is InChI=1S/C17H18N2O4/c18-16(21)11-3-5-13(6-4-11)19-15(20)9-23-17(22)14-8-10-1-2-12(14)7-10/h1-6,10,12,14H,7-9H2,(H2,18,21)(H,19,20)/t10-,12-,14+/m0/s1. The number of allylic oxidation sites excluding steroid dienone is 2. The summed E-state index contributed by atoms with van der Waals surface area (Å²) in [5, 5.41) is 2.61. The number of primary amides is 1. The molecule has 1 aromatic carbocycles. The highest BCUT2D eigenvalue weighted by molar-refractivity contribution is 5.95. The Morgan fingerprint density at radius 2 is 1.87 bits per heavy atom. The fraction of sp³-hybridized carbons (Fsp3) is 0.353. The Labute approximate surface area is 133 Å². The normalized spacial score (nSPS) is 24.4. The number of nitrogens with one attached hydrogen (secondary N) is 1. The second-order valence-corrected chi connectivity index (χ2v) is 5.98. The minimum atomic E-state index is -0.531. The summed E-state index contributed by atoms with van der Waals surface area (Å²) in [4.78, 5) is 34.8. The molecule has 0 radical (unpaired) electrons. The fourth-order valence-electron chi connectivity index (χ4n) is 3.21. The van der Waals surface area contributed by atoms with Gasteiger partial charge in [0.1, 0.15) is 0 Å². The molecular formula is C17H18N2O4. The van der Waals surface area contributed by atoms with E-state index in [0.717, 1.165) is 12.8 Å². The van der Waals surface area contributed by atoms with Crippen LogP contribution in [0.3, 0.4) is 0 Å². The molecule has 0 heterocycles. The summed E-state index contributed by atoms with van der Waals surface area (Å²) < 4.78 is 5.12. The van der Waals surface area contributed by atoms with E-state index in [1.807, 2.05) is 0 Å². The topological polar surface area (TPSA) is 98.5 Å². The highest BCUT2D eigenvalue weighted by Crippen LogP contribution is 2.43. The van der Waals surface area contributed by atoms with E-state index in [1.54, 1.807) is 12.1 Å². The van der Waals surface area contributed by atoms with E-state index in [4.69, 9.17) is 10.5 Å². The Morgan fingerprint density at radius 1 is 1.13 bits per heavy atom. The summed E-state index contributed by atoms with van der Waals surface area (Å²) in [6, 6.07) is 6.18. The Morgan fingerprint density at radius 3 is 2.43 bits per heavy atom. The second kappa shape index (κ2) is 6.24. The Balaban J connectivity index is 1.47. The van der Waals surface area contributed by atoms with E-state index in [9.17, 15) is 14.4 Å². The van der Waals surface area contributed by atoms with Crippen LogP contribution in [0.1, 0.15) is 23.2 Å². The van der Waals surface area contributed by atoms with Gasteiger partial charge in [-0.25, -0.2) is 0 Å². The van der Waals surface area contributed by atoms with Gasteiger partial charge >= 0.3 is 5.97 Å². The maximum absolute atomic E-state index is 12.0. The summed E-state index contributed by atoms with van der Waals surface area (Å²) >= 11 is 0. The van der Waals surface area contributed by atoms with Gasteiger partial charge < -0.3 is 15.8 Å². The number of carbonyl (C=O) groups excluding carboxylic acids is 3. The molecule has 3 N–H and O–H groups in total. The Kier molecular flexibility index (Phi) is 4.14. The van der Waals surface area contributed by atoms with Crippen molar-refractivity contribution in [2.24, 2.45) is 23.5 Å². The van der Waals surface area contributed by atoms with Crippen LogP contribution in [-0.2, 0) is 14.3 Å². The molecule has 3 atom stereocenters. The lowest BCUT2D eigenvalue weighted by molar-refractivity contribution is -0.152. The number of amides is 2. The number of hydrogen-bond acceptors (Lipinski definition) is 4. The number of carbonyl (C=O) groups is 3. The molecule has 0 spiro atoms. The summed E-state index contributed by atoms with van der Waals surface area (Å²) in [5.74, 6) is -0.624. The van der Waals surface area contributed by atoms with Crippen LogP contribution in [0.5, 0.6) is 0 Å². The van der Waals surface area contributed by atoms with E-state index < -0.39 is 11.8 Å². The molecule has 1 saturated carbocycles. The van der Waals surface area contributed by atoms with Gasteiger partial charge in [-0.1, -0.05) is 12.2 Å². The van der Waals surface area contributed by atoms with Crippen molar-refractivity contribution in [3.05, 3.63) is 42.0 Å². The smallest absolute Gasteiger partial charge is 0.310 e. The number of ether oxygens (including phenoxy) is 1. The van der Waals surface area contributed by atoms with Crippen molar-refractivity contribution in [2.75, 3.05) is 11.9 Å². The molecule has 6 nitrogen and oxygen atoms in total. The molecule has 3 rings (SSSR count). The summed E-state index contributed by atoms with van der Waals surface area (Å²) in [6.07, 6.45) is 6.05. The lowest BCUT2D eigenvalue weighted by Crippen LogP contribution is -2.26. The summed E-state index contributed by atoms with van der Waals surface area (Å²) in [7, 11) is 0. The van der Waals surface area contributed by atoms with E-state index in [1.165, 1.54) is 12.1 Å². The molecule has 2 amide bonds. The van der Waals surface area contributed by atoms with Crippen molar-refractivity contribution in [2.45, 2.75) is 12.8 Å². The monoisotopic (exact) mass is 314 g/mol. The summed E-state index contributed by atoms with van der Waals surface area (Å²) in [5.41, 5.74) is 6.02. The minimum Gasteiger partial charge on any atom is -0.455 e. The van der Waals surface area contributed by atoms with Crippen LogP contribution in [-0.4, -0.2) is 24.4 Å². The van der Waals surface area contributed by atoms with E-state index in [0.29, 0.717) is 17.2 Å². The average Bonchev–Trinajstić information content (AvgIpc) is 3.16. The van der Waals surface area contributed by atoms with Gasteiger partial charge in [0.05, 0.1) is 5.92 Å². The lowest BCUT2D eigenvalue weighted by atomic mass is 9.94.